The molecule has 0 amide bonds. The molecule has 1 atom stereocenters. The lowest BCUT2D eigenvalue weighted by atomic mass is 10.00. The van der Waals surface area contributed by atoms with Gasteiger partial charge in [0.05, 0.1) is 6.04 Å². The second-order valence-electron chi connectivity index (χ2n) is 4.81. The van der Waals surface area contributed by atoms with E-state index in [2.05, 4.69) is 0 Å². The second kappa shape index (κ2) is 5.13. The number of hydrogen-bond donors (Lipinski definition) is 1. The van der Waals surface area contributed by atoms with Crippen molar-refractivity contribution in [2.75, 3.05) is 0 Å². The monoisotopic (exact) mass is 305 g/mol. The molecule has 3 rings (SSSR count). The van der Waals surface area contributed by atoms with Gasteiger partial charge in [-0.15, -0.1) is 0 Å². The molecule has 4 heteroatoms. The van der Waals surface area contributed by atoms with Crippen LogP contribution in [0.1, 0.15) is 22.9 Å². The molecule has 0 spiro atoms. The minimum absolute atomic E-state index is 0.347. The maximum absolute atomic E-state index is 6.30. The average Bonchev–Trinajstić information content (AvgIpc) is 2.83. The van der Waals surface area contributed by atoms with Crippen molar-refractivity contribution in [1.29, 1.82) is 0 Å². The molecule has 102 valence electrons. The molecule has 2 aromatic carbocycles. The van der Waals surface area contributed by atoms with Gasteiger partial charge in [-0.3, -0.25) is 0 Å². The number of halogens is 2. The van der Waals surface area contributed by atoms with Crippen molar-refractivity contribution in [2.45, 2.75) is 13.0 Å². The fourth-order valence-electron chi connectivity index (χ4n) is 2.29. The molecule has 3 aromatic rings. The summed E-state index contributed by atoms with van der Waals surface area (Å²) in [5.41, 5.74) is 9.12. The first-order valence-electron chi connectivity index (χ1n) is 6.25. The zero-order valence-electron chi connectivity index (χ0n) is 10.9. The smallest absolute Gasteiger partial charge is 0.134 e. The van der Waals surface area contributed by atoms with Crippen molar-refractivity contribution in [3.8, 4) is 0 Å². The largest absolute Gasteiger partial charge is 0.459 e. The number of rotatable bonds is 2. The Balaban J connectivity index is 2.07. The summed E-state index contributed by atoms with van der Waals surface area (Å²) < 4.78 is 5.81. The van der Waals surface area contributed by atoms with Gasteiger partial charge >= 0.3 is 0 Å². The van der Waals surface area contributed by atoms with E-state index in [4.69, 9.17) is 33.4 Å². The first-order valence-corrected chi connectivity index (χ1v) is 7.01. The van der Waals surface area contributed by atoms with Crippen LogP contribution < -0.4 is 5.73 Å². The topological polar surface area (TPSA) is 39.2 Å². The van der Waals surface area contributed by atoms with E-state index in [-0.39, 0.29) is 6.04 Å². The molecule has 0 radical (unpaired) electrons. The van der Waals surface area contributed by atoms with Crippen molar-refractivity contribution < 1.29 is 4.42 Å². The summed E-state index contributed by atoms with van der Waals surface area (Å²) in [6.07, 6.45) is 0. The molecule has 2 N–H and O–H groups in total. The Kier molecular flexibility index (Phi) is 3.47. The van der Waals surface area contributed by atoms with E-state index in [0.717, 1.165) is 22.1 Å². The van der Waals surface area contributed by atoms with Gasteiger partial charge in [-0.1, -0.05) is 29.3 Å². The highest BCUT2D eigenvalue weighted by Crippen LogP contribution is 2.30. The number of fused-ring (bicyclic) bond motifs is 1. The molecule has 0 aliphatic rings. The fraction of sp³-hybridized carbons (Fsp3) is 0.125. The summed E-state index contributed by atoms with van der Waals surface area (Å²) in [6.45, 7) is 2.01. The third-order valence-corrected chi connectivity index (χ3v) is 3.85. The van der Waals surface area contributed by atoms with Crippen LogP contribution in [0.5, 0.6) is 0 Å². The minimum Gasteiger partial charge on any atom is -0.459 e. The Labute approximate surface area is 127 Å². The molecule has 0 aliphatic carbocycles. The Morgan fingerprint density at radius 2 is 1.70 bits per heavy atom. The van der Waals surface area contributed by atoms with Gasteiger partial charge in [-0.05, 0) is 54.4 Å². The lowest BCUT2D eigenvalue weighted by molar-refractivity contribution is 0.524. The highest BCUT2D eigenvalue weighted by molar-refractivity contribution is 6.31. The van der Waals surface area contributed by atoms with Crippen LogP contribution in [0.4, 0.5) is 0 Å². The average molecular weight is 306 g/mol. The highest BCUT2D eigenvalue weighted by Gasteiger charge is 2.16. The Hall–Kier alpha value is -1.48. The van der Waals surface area contributed by atoms with E-state index in [1.807, 2.05) is 43.3 Å². The van der Waals surface area contributed by atoms with E-state index in [1.165, 1.54) is 0 Å². The van der Waals surface area contributed by atoms with Crippen molar-refractivity contribution in [1.82, 2.24) is 0 Å². The maximum Gasteiger partial charge on any atom is 0.134 e. The van der Waals surface area contributed by atoms with Crippen LogP contribution in [0.2, 0.25) is 10.0 Å². The molecular formula is C16H13Cl2NO. The number of furan rings is 1. The van der Waals surface area contributed by atoms with Gasteiger partial charge < -0.3 is 10.2 Å². The van der Waals surface area contributed by atoms with Gasteiger partial charge in [0, 0.05) is 15.4 Å². The first-order chi connectivity index (χ1) is 9.54. The minimum atomic E-state index is -0.347. The van der Waals surface area contributed by atoms with Crippen LogP contribution in [0.15, 0.2) is 46.9 Å². The summed E-state index contributed by atoms with van der Waals surface area (Å²) in [5.74, 6) is 0.702. The zero-order valence-corrected chi connectivity index (χ0v) is 12.4. The fourth-order valence-corrected chi connectivity index (χ4v) is 2.65. The standard InChI is InChI=1S/C16H13Cl2NO/c1-9-2-3-12(18)8-13(9)16(19)15-7-10-6-11(17)4-5-14(10)20-15/h2-8,16H,19H2,1H3. The van der Waals surface area contributed by atoms with E-state index in [0.29, 0.717) is 15.8 Å². The molecule has 1 aromatic heterocycles. The summed E-state index contributed by atoms with van der Waals surface area (Å²) in [7, 11) is 0. The van der Waals surface area contributed by atoms with E-state index >= 15 is 0 Å². The number of aryl methyl sites for hydroxylation is 1. The molecule has 0 saturated carbocycles. The Morgan fingerprint density at radius 3 is 2.50 bits per heavy atom. The van der Waals surface area contributed by atoms with E-state index < -0.39 is 0 Å². The predicted molar refractivity (Wildman–Crippen MR) is 83.4 cm³/mol. The summed E-state index contributed by atoms with van der Waals surface area (Å²) in [6, 6.07) is 12.8. The van der Waals surface area contributed by atoms with Crippen LogP contribution in [-0.4, -0.2) is 0 Å². The zero-order chi connectivity index (χ0) is 14.3. The normalized spacial score (nSPS) is 12.8. The first kappa shape index (κ1) is 13.5. The number of nitrogens with two attached hydrogens (primary N) is 1. The van der Waals surface area contributed by atoms with Gasteiger partial charge in [-0.2, -0.15) is 0 Å². The third-order valence-electron chi connectivity index (χ3n) is 3.38. The highest BCUT2D eigenvalue weighted by atomic mass is 35.5. The van der Waals surface area contributed by atoms with Gasteiger partial charge in [-0.25, -0.2) is 0 Å². The van der Waals surface area contributed by atoms with Crippen molar-refractivity contribution in [3.63, 3.8) is 0 Å². The van der Waals surface area contributed by atoms with Crippen LogP contribution in [0, 0.1) is 6.92 Å². The maximum atomic E-state index is 6.30. The summed E-state index contributed by atoms with van der Waals surface area (Å²) in [5, 5.41) is 2.29. The van der Waals surface area contributed by atoms with Crippen molar-refractivity contribution >= 4 is 34.2 Å². The molecule has 0 fully saturated rings. The molecule has 0 saturated heterocycles. The van der Waals surface area contributed by atoms with Crippen LogP contribution >= 0.6 is 23.2 Å². The summed E-state index contributed by atoms with van der Waals surface area (Å²) in [4.78, 5) is 0. The SMILES string of the molecule is Cc1ccc(Cl)cc1C(N)c1cc2cc(Cl)ccc2o1. The summed E-state index contributed by atoms with van der Waals surface area (Å²) >= 11 is 12.0. The van der Waals surface area contributed by atoms with Crippen molar-refractivity contribution in [3.05, 3.63) is 69.4 Å². The van der Waals surface area contributed by atoms with Crippen LogP contribution in [0.3, 0.4) is 0 Å². The van der Waals surface area contributed by atoms with Gasteiger partial charge in [0.25, 0.3) is 0 Å². The van der Waals surface area contributed by atoms with Crippen molar-refractivity contribution in [2.24, 2.45) is 5.73 Å². The molecule has 0 aliphatic heterocycles. The lowest BCUT2D eigenvalue weighted by Crippen LogP contribution is -2.12. The predicted octanol–water partition coefficient (Wildman–Crippen LogP) is 5.10. The Morgan fingerprint density at radius 1 is 1.00 bits per heavy atom. The van der Waals surface area contributed by atoms with Gasteiger partial charge in [0.2, 0.25) is 0 Å². The Bertz CT molecular complexity index is 779. The lowest BCUT2D eigenvalue weighted by Gasteiger charge is -2.12. The number of benzene rings is 2. The quantitative estimate of drug-likeness (QED) is 0.715. The van der Waals surface area contributed by atoms with Gasteiger partial charge in [0.15, 0.2) is 0 Å². The molecule has 20 heavy (non-hydrogen) atoms. The van der Waals surface area contributed by atoms with Crippen LogP contribution in [0.25, 0.3) is 11.0 Å². The molecule has 1 heterocycles. The molecular weight excluding hydrogens is 293 g/mol. The van der Waals surface area contributed by atoms with E-state index in [9.17, 15) is 0 Å². The van der Waals surface area contributed by atoms with Crippen LogP contribution in [-0.2, 0) is 0 Å². The molecule has 1 unspecified atom stereocenters. The third kappa shape index (κ3) is 2.42. The molecule has 0 bridgehead atoms. The van der Waals surface area contributed by atoms with E-state index in [1.54, 1.807) is 6.07 Å². The second-order valence-corrected chi connectivity index (χ2v) is 5.68. The van der Waals surface area contributed by atoms with Gasteiger partial charge in [0.1, 0.15) is 11.3 Å². The molecule has 2 nitrogen and oxygen atoms in total. The number of hydrogen-bond acceptors (Lipinski definition) is 2.